The minimum atomic E-state index is -5.23. The van der Waals surface area contributed by atoms with Crippen molar-refractivity contribution in [2.75, 3.05) is 0 Å². The average Bonchev–Trinajstić information content (AvgIpc) is 2.30. The van der Waals surface area contributed by atoms with Crippen molar-refractivity contribution in [3.63, 3.8) is 0 Å². The van der Waals surface area contributed by atoms with E-state index in [1.165, 1.54) is 13.0 Å². The first-order valence-corrected chi connectivity index (χ1v) is 6.12. The van der Waals surface area contributed by atoms with E-state index in [0.717, 1.165) is 6.92 Å². The second-order valence-electron chi connectivity index (χ2n) is 4.13. The van der Waals surface area contributed by atoms with Crippen LogP contribution in [0, 0.1) is 0 Å². The lowest BCUT2D eigenvalue weighted by Crippen LogP contribution is -2.42. The highest BCUT2D eigenvalue weighted by atomic mass is 32.2. The van der Waals surface area contributed by atoms with Gasteiger partial charge in [-0.15, -0.1) is 0 Å². The molecule has 0 N–H and O–H groups in total. The zero-order valence-corrected chi connectivity index (χ0v) is 10.3. The molecule has 1 aliphatic carbocycles. The standard InChI is InChI=1S/C10H13F3O2S/c1-6-5-9(4,8(3)7(6)2)16(14,15)10(11,12)13/h5H,1-4H3. The molecule has 0 saturated carbocycles. The fourth-order valence-corrected chi connectivity index (χ4v) is 3.19. The molecule has 6 heteroatoms. The second kappa shape index (κ2) is 3.35. The van der Waals surface area contributed by atoms with E-state index >= 15 is 0 Å². The quantitative estimate of drug-likeness (QED) is 0.721. The molecule has 0 spiro atoms. The van der Waals surface area contributed by atoms with E-state index in [9.17, 15) is 21.6 Å². The summed E-state index contributed by atoms with van der Waals surface area (Å²) in [6.45, 7) is 5.74. The van der Waals surface area contributed by atoms with Gasteiger partial charge in [-0.2, -0.15) is 13.2 Å². The van der Waals surface area contributed by atoms with E-state index in [1.54, 1.807) is 13.8 Å². The summed E-state index contributed by atoms with van der Waals surface area (Å²) >= 11 is 0. The topological polar surface area (TPSA) is 34.1 Å². The van der Waals surface area contributed by atoms with Crippen LogP contribution in [0.3, 0.4) is 0 Å². The molecule has 0 amide bonds. The van der Waals surface area contributed by atoms with Crippen LogP contribution < -0.4 is 0 Å². The van der Waals surface area contributed by atoms with Gasteiger partial charge >= 0.3 is 5.51 Å². The Bertz CT molecular complexity index is 483. The van der Waals surface area contributed by atoms with E-state index in [2.05, 4.69) is 0 Å². The van der Waals surface area contributed by atoms with Crippen molar-refractivity contribution in [2.24, 2.45) is 0 Å². The van der Waals surface area contributed by atoms with Gasteiger partial charge in [0.2, 0.25) is 0 Å². The van der Waals surface area contributed by atoms with Crippen molar-refractivity contribution in [3.05, 3.63) is 22.8 Å². The van der Waals surface area contributed by atoms with E-state index in [4.69, 9.17) is 0 Å². The van der Waals surface area contributed by atoms with E-state index in [0.29, 0.717) is 11.1 Å². The summed E-state index contributed by atoms with van der Waals surface area (Å²) in [7, 11) is -5.22. The van der Waals surface area contributed by atoms with Gasteiger partial charge in [0.05, 0.1) is 0 Å². The molecule has 16 heavy (non-hydrogen) atoms. The highest BCUT2D eigenvalue weighted by Gasteiger charge is 2.58. The predicted octanol–water partition coefficient (Wildman–Crippen LogP) is 2.98. The summed E-state index contributed by atoms with van der Waals surface area (Å²) in [5.74, 6) is 0. The molecule has 0 aliphatic heterocycles. The molecule has 0 aromatic rings. The SMILES string of the molecule is CC1=CC(C)(S(=O)(=O)C(F)(F)F)C(C)=C1C. The van der Waals surface area contributed by atoms with Crippen molar-refractivity contribution in [2.45, 2.75) is 38.0 Å². The molecule has 92 valence electrons. The van der Waals surface area contributed by atoms with Gasteiger partial charge in [0.25, 0.3) is 9.84 Å². The summed E-state index contributed by atoms with van der Waals surface area (Å²) in [5, 5.41) is 0. The minimum Gasteiger partial charge on any atom is -0.218 e. The summed E-state index contributed by atoms with van der Waals surface area (Å²) in [6.07, 6.45) is 1.17. The van der Waals surface area contributed by atoms with Gasteiger partial charge in [0.1, 0.15) is 4.75 Å². The maximum Gasteiger partial charge on any atom is 0.498 e. The minimum absolute atomic E-state index is 0.238. The predicted molar refractivity (Wildman–Crippen MR) is 55.5 cm³/mol. The van der Waals surface area contributed by atoms with Crippen LogP contribution in [-0.2, 0) is 9.84 Å². The Kier molecular flexibility index (Phi) is 2.79. The molecule has 0 heterocycles. The highest BCUT2D eigenvalue weighted by molar-refractivity contribution is 7.94. The van der Waals surface area contributed by atoms with Crippen LogP contribution in [-0.4, -0.2) is 18.7 Å². The molecule has 2 nitrogen and oxygen atoms in total. The van der Waals surface area contributed by atoms with Crippen LogP contribution in [0.4, 0.5) is 13.2 Å². The fraction of sp³-hybridized carbons (Fsp3) is 0.600. The van der Waals surface area contributed by atoms with Gasteiger partial charge in [-0.3, -0.25) is 0 Å². The molecular formula is C10H13F3O2S. The monoisotopic (exact) mass is 254 g/mol. The summed E-state index contributed by atoms with van der Waals surface area (Å²) in [5.41, 5.74) is -3.81. The fourth-order valence-electron chi connectivity index (χ4n) is 1.82. The first kappa shape index (κ1) is 13.3. The third kappa shape index (κ3) is 1.50. The molecule has 0 aromatic heterocycles. The zero-order valence-electron chi connectivity index (χ0n) is 9.44. The largest absolute Gasteiger partial charge is 0.498 e. The van der Waals surface area contributed by atoms with Crippen LogP contribution in [0.25, 0.3) is 0 Å². The van der Waals surface area contributed by atoms with Gasteiger partial charge in [0, 0.05) is 0 Å². The van der Waals surface area contributed by atoms with E-state index < -0.39 is 20.1 Å². The zero-order chi connectivity index (χ0) is 12.9. The summed E-state index contributed by atoms with van der Waals surface area (Å²) < 4.78 is 58.5. The van der Waals surface area contributed by atoms with E-state index in [1.807, 2.05) is 0 Å². The maximum absolute atomic E-state index is 12.5. The Morgan fingerprint density at radius 3 is 1.88 bits per heavy atom. The lowest BCUT2D eigenvalue weighted by atomic mass is 10.0. The number of alkyl halides is 3. The van der Waals surface area contributed by atoms with Gasteiger partial charge in [-0.05, 0) is 38.8 Å². The third-order valence-electron chi connectivity index (χ3n) is 3.25. The summed E-state index contributed by atoms with van der Waals surface area (Å²) in [4.78, 5) is 0. The first-order valence-electron chi connectivity index (χ1n) is 4.64. The van der Waals surface area contributed by atoms with Gasteiger partial charge in [-0.25, -0.2) is 8.42 Å². The number of allylic oxidation sites excluding steroid dienone is 2. The molecule has 1 atom stereocenters. The number of hydrogen-bond acceptors (Lipinski definition) is 2. The molecule has 0 radical (unpaired) electrons. The van der Waals surface area contributed by atoms with Gasteiger partial charge in [0.15, 0.2) is 0 Å². The number of rotatable bonds is 1. The van der Waals surface area contributed by atoms with Crippen LogP contribution in [0.1, 0.15) is 27.7 Å². The lowest BCUT2D eigenvalue weighted by molar-refractivity contribution is -0.0447. The van der Waals surface area contributed by atoms with Crippen LogP contribution in [0.5, 0.6) is 0 Å². The van der Waals surface area contributed by atoms with Gasteiger partial charge < -0.3 is 0 Å². The average molecular weight is 254 g/mol. The molecule has 1 unspecified atom stereocenters. The number of hydrogen-bond donors (Lipinski definition) is 0. The van der Waals surface area contributed by atoms with Crippen molar-refractivity contribution < 1.29 is 21.6 Å². The third-order valence-corrected chi connectivity index (χ3v) is 5.40. The molecule has 1 aliphatic rings. The smallest absolute Gasteiger partial charge is 0.218 e. The maximum atomic E-state index is 12.5. The molecule has 0 saturated heterocycles. The highest BCUT2D eigenvalue weighted by Crippen LogP contribution is 2.45. The van der Waals surface area contributed by atoms with Crippen molar-refractivity contribution >= 4 is 9.84 Å². The number of sulfone groups is 1. The molecular weight excluding hydrogens is 241 g/mol. The number of halogens is 3. The second-order valence-corrected chi connectivity index (χ2v) is 6.45. The lowest BCUT2D eigenvalue weighted by Gasteiger charge is -2.25. The van der Waals surface area contributed by atoms with Crippen molar-refractivity contribution in [1.82, 2.24) is 0 Å². The Morgan fingerprint density at radius 1 is 1.19 bits per heavy atom. The van der Waals surface area contributed by atoms with Crippen LogP contribution in [0.2, 0.25) is 0 Å². The molecule has 1 rings (SSSR count). The summed E-state index contributed by atoms with van der Waals surface area (Å²) in [6, 6.07) is 0. The Hall–Kier alpha value is -0.780. The Labute approximate surface area is 92.8 Å². The molecule has 0 bridgehead atoms. The Balaban J connectivity index is 3.50. The normalized spacial score (nSPS) is 27.3. The molecule has 0 aromatic carbocycles. The van der Waals surface area contributed by atoms with Crippen molar-refractivity contribution in [3.8, 4) is 0 Å². The Morgan fingerprint density at radius 2 is 1.62 bits per heavy atom. The first-order chi connectivity index (χ1) is 6.95. The molecule has 0 fully saturated rings. The van der Waals surface area contributed by atoms with Crippen LogP contribution in [0.15, 0.2) is 22.8 Å². The van der Waals surface area contributed by atoms with Crippen molar-refractivity contribution in [1.29, 1.82) is 0 Å². The van der Waals surface area contributed by atoms with Gasteiger partial charge in [-0.1, -0.05) is 11.6 Å². The van der Waals surface area contributed by atoms with E-state index in [-0.39, 0.29) is 5.57 Å². The van der Waals surface area contributed by atoms with Crippen LogP contribution >= 0.6 is 0 Å².